The Morgan fingerprint density at radius 3 is 2.35 bits per heavy atom. The quantitative estimate of drug-likeness (QED) is 0.544. The molecule has 0 bridgehead atoms. The van der Waals surface area contributed by atoms with E-state index in [1.54, 1.807) is 4.31 Å². The number of rotatable bonds is 8. The van der Waals surface area contributed by atoms with Crippen LogP contribution in [-0.4, -0.2) is 45.4 Å². The molecular weight excluding hydrogens is 280 g/mol. The number of carbonyl (C=O) groups is 1. The van der Waals surface area contributed by atoms with Gasteiger partial charge in [-0.05, 0) is 25.7 Å². The van der Waals surface area contributed by atoms with E-state index < -0.39 is 10.2 Å². The molecule has 1 saturated heterocycles. The summed E-state index contributed by atoms with van der Waals surface area (Å²) >= 11 is 0. The maximum absolute atomic E-state index is 12.1. The van der Waals surface area contributed by atoms with Crippen molar-refractivity contribution < 1.29 is 17.9 Å². The molecule has 0 radical (unpaired) electrons. The molecule has 7 heteroatoms. The average molecular weight is 306 g/mol. The van der Waals surface area contributed by atoms with Gasteiger partial charge < -0.3 is 4.74 Å². The third kappa shape index (κ3) is 6.67. The van der Waals surface area contributed by atoms with Crippen LogP contribution in [0.1, 0.15) is 51.4 Å². The minimum Gasteiger partial charge on any atom is -0.469 e. The van der Waals surface area contributed by atoms with Crippen LogP contribution in [0, 0.1) is 0 Å². The van der Waals surface area contributed by atoms with Crippen LogP contribution in [0.4, 0.5) is 0 Å². The SMILES string of the molecule is COC(=O)CCCCCNS(=O)(=O)N1CCCCCC1. The summed E-state index contributed by atoms with van der Waals surface area (Å²) in [6.45, 7) is 1.68. The smallest absolute Gasteiger partial charge is 0.305 e. The van der Waals surface area contributed by atoms with Gasteiger partial charge in [-0.2, -0.15) is 12.7 Å². The Hall–Kier alpha value is -0.660. The van der Waals surface area contributed by atoms with E-state index in [1.807, 2.05) is 0 Å². The molecule has 20 heavy (non-hydrogen) atoms. The molecule has 0 aromatic heterocycles. The first-order valence-electron chi connectivity index (χ1n) is 7.38. The second-order valence-electron chi connectivity index (χ2n) is 5.10. The average Bonchev–Trinajstić information content (AvgIpc) is 2.71. The molecule has 1 heterocycles. The monoisotopic (exact) mass is 306 g/mol. The molecular formula is C13H26N2O4S. The zero-order valence-electron chi connectivity index (χ0n) is 12.3. The van der Waals surface area contributed by atoms with Gasteiger partial charge in [-0.25, -0.2) is 4.72 Å². The van der Waals surface area contributed by atoms with E-state index in [1.165, 1.54) is 7.11 Å². The Bertz CT molecular complexity index is 376. The Labute approximate surface area is 122 Å². The lowest BCUT2D eigenvalue weighted by molar-refractivity contribution is -0.140. The molecule has 1 fully saturated rings. The highest BCUT2D eigenvalue weighted by Gasteiger charge is 2.21. The number of carbonyl (C=O) groups excluding carboxylic acids is 1. The zero-order valence-corrected chi connectivity index (χ0v) is 13.1. The second kappa shape index (κ2) is 9.31. The van der Waals surface area contributed by atoms with Crippen molar-refractivity contribution in [1.82, 2.24) is 9.03 Å². The molecule has 0 saturated carbocycles. The van der Waals surface area contributed by atoms with Crippen molar-refractivity contribution >= 4 is 16.2 Å². The first kappa shape index (κ1) is 17.4. The van der Waals surface area contributed by atoms with Crippen molar-refractivity contribution in [3.8, 4) is 0 Å². The third-order valence-electron chi connectivity index (χ3n) is 3.47. The summed E-state index contributed by atoms with van der Waals surface area (Å²) in [6.07, 6.45) is 6.80. The number of esters is 1. The number of methoxy groups -OCH3 is 1. The van der Waals surface area contributed by atoms with Gasteiger partial charge in [0.25, 0.3) is 10.2 Å². The fourth-order valence-electron chi connectivity index (χ4n) is 2.25. The van der Waals surface area contributed by atoms with E-state index in [2.05, 4.69) is 9.46 Å². The first-order chi connectivity index (χ1) is 9.56. The predicted molar refractivity (Wildman–Crippen MR) is 77.4 cm³/mol. The van der Waals surface area contributed by atoms with Gasteiger partial charge in [0.2, 0.25) is 0 Å². The topological polar surface area (TPSA) is 75.7 Å². The van der Waals surface area contributed by atoms with E-state index >= 15 is 0 Å². The number of ether oxygens (including phenoxy) is 1. The Balaban J connectivity index is 2.17. The van der Waals surface area contributed by atoms with Gasteiger partial charge in [-0.15, -0.1) is 0 Å². The Kier molecular flexibility index (Phi) is 8.09. The number of hydrogen-bond acceptors (Lipinski definition) is 4. The van der Waals surface area contributed by atoms with Gasteiger partial charge in [0.05, 0.1) is 7.11 Å². The van der Waals surface area contributed by atoms with Crippen molar-refractivity contribution in [3.63, 3.8) is 0 Å². The summed E-state index contributed by atoms with van der Waals surface area (Å²) in [4.78, 5) is 10.9. The second-order valence-corrected chi connectivity index (χ2v) is 6.85. The van der Waals surface area contributed by atoms with Crippen LogP contribution >= 0.6 is 0 Å². The molecule has 0 atom stereocenters. The van der Waals surface area contributed by atoms with E-state index in [0.29, 0.717) is 26.1 Å². The lowest BCUT2D eigenvalue weighted by atomic mass is 10.2. The van der Waals surface area contributed by atoms with Gasteiger partial charge in [-0.3, -0.25) is 4.79 Å². The van der Waals surface area contributed by atoms with Crippen molar-refractivity contribution in [2.45, 2.75) is 51.4 Å². The van der Waals surface area contributed by atoms with Crippen LogP contribution in [0.3, 0.4) is 0 Å². The molecule has 1 aliphatic heterocycles. The number of hydrogen-bond donors (Lipinski definition) is 1. The van der Waals surface area contributed by atoms with E-state index in [9.17, 15) is 13.2 Å². The lowest BCUT2D eigenvalue weighted by Gasteiger charge is -2.20. The maximum Gasteiger partial charge on any atom is 0.305 e. The highest BCUT2D eigenvalue weighted by molar-refractivity contribution is 7.87. The standard InChI is InChI=1S/C13H26N2O4S/c1-19-13(16)9-5-4-6-10-14-20(17,18)15-11-7-2-3-8-12-15/h14H,2-12H2,1H3. The van der Waals surface area contributed by atoms with Crippen LogP contribution in [0.15, 0.2) is 0 Å². The molecule has 1 N–H and O–H groups in total. The molecule has 1 aliphatic rings. The minimum absolute atomic E-state index is 0.213. The zero-order chi connectivity index (χ0) is 14.8. The van der Waals surface area contributed by atoms with Crippen LogP contribution in [0.25, 0.3) is 0 Å². The van der Waals surface area contributed by atoms with Gasteiger partial charge in [0.15, 0.2) is 0 Å². The molecule has 0 aromatic rings. The third-order valence-corrected chi connectivity index (χ3v) is 5.09. The first-order valence-corrected chi connectivity index (χ1v) is 8.82. The summed E-state index contributed by atoms with van der Waals surface area (Å²) in [5.74, 6) is -0.213. The van der Waals surface area contributed by atoms with Gasteiger partial charge in [0, 0.05) is 26.1 Å². The Morgan fingerprint density at radius 2 is 1.75 bits per heavy atom. The van der Waals surface area contributed by atoms with Crippen LogP contribution in [-0.2, 0) is 19.7 Å². The van der Waals surface area contributed by atoms with Crippen LogP contribution in [0.2, 0.25) is 0 Å². The molecule has 0 amide bonds. The van der Waals surface area contributed by atoms with Gasteiger partial charge in [0.1, 0.15) is 0 Å². The summed E-state index contributed by atoms with van der Waals surface area (Å²) in [5, 5.41) is 0. The Morgan fingerprint density at radius 1 is 1.10 bits per heavy atom. The maximum atomic E-state index is 12.1. The predicted octanol–water partition coefficient (Wildman–Crippen LogP) is 1.43. The van der Waals surface area contributed by atoms with Gasteiger partial charge in [-0.1, -0.05) is 19.3 Å². The van der Waals surface area contributed by atoms with E-state index in [0.717, 1.165) is 44.9 Å². The highest BCUT2D eigenvalue weighted by Crippen LogP contribution is 2.12. The van der Waals surface area contributed by atoms with Crippen molar-refractivity contribution in [3.05, 3.63) is 0 Å². The summed E-state index contributed by atoms with van der Waals surface area (Å²) < 4.78 is 32.9. The van der Waals surface area contributed by atoms with E-state index in [-0.39, 0.29) is 5.97 Å². The highest BCUT2D eigenvalue weighted by atomic mass is 32.2. The van der Waals surface area contributed by atoms with Crippen molar-refractivity contribution in [2.75, 3.05) is 26.7 Å². The normalized spacial score (nSPS) is 17.6. The van der Waals surface area contributed by atoms with Crippen LogP contribution < -0.4 is 4.72 Å². The minimum atomic E-state index is -3.32. The molecule has 6 nitrogen and oxygen atoms in total. The largest absolute Gasteiger partial charge is 0.469 e. The van der Waals surface area contributed by atoms with Crippen molar-refractivity contribution in [1.29, 1.82) is 0 Å². The van der Waals surface area contributed by atoms with Crippen LogP contribution in [0.5, 0.6) is 0 Å². The number of nitrogens with one attached hydrogen (secondary N) is 1. The fraction of sp³-hybridized carbons (Fsp3) is 0.923. The van der Waals surface area contributed by atoms with E-state index in [4.69, 9.17) is 0 Å². The summed E-state index contributed by atoms with van der Waals surface area (Å²) in [5.41, 5.74) is 0. The summed E-state index contributed by atoms with van der Waals surface area (Å²) in [6, 6.07) is 0. The van der Waals surface area contributed by atoms with Crippen molar-refractivity contribution in [2.24, 2.45) is 0 Å². The number of nitrogens with zero attached hydrogens (tertiary/aromatic N) is 1. The molecule has 118 valence electrons. The fourth-order valence-corrected chi connectivity index (χ4v) is 3.57. The molecule has 1 rings (SSSR count). The number of unbranched alkanes of at least 4 members (excludes halogenated alkanes) is 2. The molecule has 0 aromatic carbocycles. The lowest BCUT2D eigenvalue weighted by Crippen LogP contribution is -2.41. The molecule has 0 spiro atoms. The summed E-state index contributed by atoms with van der Waals surface area (Å²) in [7, 11) is -1.95. The molecule has 0 aliphatic carbocycles. The van der Waals surface area contributed by atoms with Gasteiger partial charge >= 0.3 is 5.97 Å². The molecule has 0 unspecified atom stereocenters.